The zero-order chi connectivity index (χ0) is 24.7. The number of hydrogen-bond donors (Lipinski definition) is 3. The predicted molar refractivity (Wildman–Crippen MR) is 128 cm³/mol. The molecule has 0 aliphatic rings. The van der Waals surface area contributed by atoms with Crippen molar-refractivity contribution in [1.29, 1.82) is 0 Å². The van der Waals surface area contributed by atoms with Gasteiger partial charge in [-0.1, -0.05) is 36.4 Å². The van der Waals surface area contributed by atoms with Crippen LogP contribution in [0, 0.1) is 11.6 Å². The van der Waals surface area contributed by atoms with Crippen LogP contribution in [-0.2, 0) is 29.0 Å². The molecule has 2 atom stereocenters. The van der Waals surface area contributed by atoms with Crippen LogP contribution in [0.1, 0.15) is 16.0 Å². The van der Waals surface area contributed by atoms with Crippen molar-refractivity contribution >= 4 is 28.3 Å². The topological polar surface area (TPSA) is 100 Å². The third-order valence-corrected chi connectivity index (χ3v) is 6.09. The Morgan fingerprint density at radius 1 is 1.03 bits per heavy atom. The third-order valence-electron chi connectivity index (χ3n) is 5.26. The normalized spacial score (nSPS) is 12.9. The number of anilines is 1. The molecule has 180 valence electrons. The first-order valence-electron chi connectivity index (χ1n) is 10.7. The summed E-state index contributed by atoms with van der Waals surface area (Å²) in [5.41, 5.74) is 6.98. The first-order chi connectivity index (χ1) is 16.2. The van der Waals surface area contributed by atoms with E-state index in [1.807, 2.05) is 30.3 Å². The van der Waals surface area contributed by atoms with Crippen molar-refractivity contribution in [2.45, 2.75) is 31.5 Å². The Labute approximate surface area is 201 Å². The van der Waals surface area contributed by atoms with E-state index in [2.05, 4.69) is 15.6 Å². The average Bonchev–Trinajstić information content (AvgIpc) is 3.23. The van der Waals surface area contributed by atoms with Crippen molar-refractivity contribution in [3.63, 3.8) is 0 Å². The summed E-state index contributed by atoms with van der Waals surface area (Å²) in [5.74, 6) is -2.80. The minimum absolute atomic E-state index is 0.00884. The second kappa shape index (κ2) is 11.7. The lowest BCUT2D eigenvalue weighted by molar-refractivity contribution is -0.131. The maximum atomic E-state index is 13.8. The molecule has 0 saturated carbocycles. The van der Waals surface area contributed by atoms with Crippen LogP contribution < -0.4 is 16.4 Å². The number of amides is 2. The molecule has 3 aromatic rings. The van der Waals surface area contributed by atoms with Gasteiger partial charge in [-0.05, 0) is 43.8 Å². The fourth-order valence-electron chi connectivity index (χ4n) is 3.43. The minimum Gasteiger partial charge on any atom is -0.375 e. The summed E-state index contributed by atoms with van der Waals surface area (Å²) in [5, 5.41) is 5.94. The summed E-state index contributed by atoms with van der Waals surface area (Å²) >= 11 is 1.24. The lowest BCUT2D eigenvalue weighted by atomic mass is 10.0. The number of thiazole rings is 1. The Hall–Kier alpha value is -3.37. The Balaban J connectivity index is 1.76. The fourth-order valence-corrected chi connectivity index (χ4v) is 4.05. The van der Waals surface area contributed by atoms with Gasteiger partial charge in [-0.3, -0.25) is 14.5 Å². The van der Waals surface area contributed by atoms with E-state index in [1.165, 1.54) is 17.4 Å². The molecule has 0 saturated heterocycles. The first-order valence-corrected chi connectivity index (χ1v) is 11.5. The van der Waals surface area contributed by atoms with Gasteiger partial charge in [0, 0.05) is 17.5 Å². The summed E-state index contributed by atoms with van der Waals surface area (Å²) in [6.07, 6.45) is 2.00. The molecule has 0 aliphatic heterocycles. The van der Waals surface area contributed by atoms with Crippen LogP contribution in [0.25, 0.3) is 0 Å². The number of rotatable bonds is 10. The van der Waals surface area contributed by atoms with Gasteiger partial charge in [-0.25, -0.2) is 13.8 Å². The molecular formula is C24H27F2N5O2S. The van der Waals surface area contributed by atoms with Crippen LogP contribution in [0.3, 0.4) is 0 Å². The van der Waals surface area contributed by atoms with Gasteiger partial charge in [0.05, 0.1) is 12.6 Å². The van der Waals surface area contributed by atoms with Crippen LogP contribution in [0.4, 0.5) is 13.9 Å². The molecule has 34 heavy (non-hydrogen) atoms. The molecular weight excluding hydrogens is 460 g/mol. The summed E-state index contributed by atoms with van der Waals surface area (Å²) < 4.78 is 27.1. The van der Waals surface area contributed by atoms with Crippen molar-refractivity contribution in [2.75, 3.05) is 19.8 Å². The van der Waals surface area contributed by atoms with Gasteiger partial charge in [0.25, 0.3) is 0 Å². The van der Waals surface area contributed by atoms with Crippen molar-refractivity contribution < 1.29 is 18.4 Å². The average molecular weight is 488 g/mol. The lowest BCUT2D eigenvalue weighted by Crippen LogP contribution is -2.53. The third kappa shape index (κ3) is 7.06. The van der Waals surface area contributed by atoms with Crippen LogP contribution >= 0.6 is 11.3 Å². The van der Waals surface area contributed by atoms with Crippen LogP contribution in [0.5, 0.6) is 0 Å². The maximum absolute atomic E-state index is 13.8. The molecule has 0 fully saturated rings. The van der Waals surface area contributed by atoms with Crippen molar-refractivity contribution in [1.82, 2.24) is 20.5 Å². The lowest BCUT2D eigenvalue weighted by Gasteiger charge is -2.26. The van der Waals surface area contributed by atoms with E-state index >= 15 is 0 Å². The molecule has 0 bridgehead atoms. The number of nitrogens with two attached hydrogens (primary N) is 1. The van der Waals surface area contributed by atoms with E-state index in [4.69, 9.17) is 5.73 Å². The van der Waals surface area contributed by atoms with Gasteiger partial charge in [0.15, 0.2) is 16.8 Å². The second-order valence-electron chi connectivity index (χ2n) is 8.07. The van der Waals surface area contributed by atoms with E-state index in [-0.39, 0.29) is 18.9 Å². The largest absolute Gasteiger partial charge is 0.375 e. The molecule has 0 radical (unpaired) electrons. The number of hydrogen-bond acceptors (Lipinski definition) is 6. The second-order valence-corrected chi connectivity index (χ2v) is 9.21. The summed E-state index contributed by atoms with van der Waals surface area (Å²) in [6.45, 7) is 0.180. The Bertz CT molecular complexity index is 1120. The van der Waals surface area contributed by atoms with E-state index in [0.717, 1.165) is 22.6 Å². The highest BCUT2D eigenvalue weighted by Crippen LogP contribution is 2.15. The number of nitrogens with one attached hydrogen (secondary N) is 2. The van der Waals surface area contributed by atoms with Gasteiger partial charge in [-0.2, -0.15) is 0 Å². The van der Waals surface area contributed by atoms with E-state index < -0.39 is 29.6 Å². The summed E-state index contributed by atoms with van der Waals surface area (Å²) in [4.78, 5) is 32.7. The highest BCUT2D eigenvalue weighted by atomic mass is 32.1. The van der Waals surface area contributed by atoms with Crippen LogP contribution in [0.15, 0.2) is 54.7 Å². The molecule has 0 aliphatic carbocycles. The van der Waals surface area contributed by atoms with E-state index in [1.54, 1.807) is 25.2 Å². The Morgan fingerprint density at radius 2 is 1.76 bits per heavy atom. The van der Waals surface area contributed by atoms with Crippen LogP contribution in [-0.4, -0.2) is 47.9 Å². The highest BCUT2D eigenvalue weighted by Gasteiger charge is 2.27. The SMILES string of the molecule is CN(C)[C@H](Cc1ccccc1)C(=O)N[C@@H](Cc1ccc(F)c(F)c1)C(=O)NCc1cnc(N)s1. The molecule has 2 aromatic carbocycles. The smallest absolute Gasteiger partial charge is 0.243 e. The summed E-state index contributed by atoms with van der Waals surface area (Å²) in [6, 6.07) is 11.4. The number of likely N-dealkylation sites (N-methyl/N-ethyl adjacent to an activating group) is 1. The first kappa shape index (κ1) is 25.3. The fraction of sp³-hybridized carbons (Fsp3) is 0.292. The van der Waals surface area contributed by atoms with Crippen LogP contribution in [0.2, 0.25) is 0 Å². The van der Waals surface area contributed by atoms with Gasteiger partial charge in [0.1, 0.15) is 6.04 Å². The number of nitrogen functional groups attached to an aromatic ring is 1. The number of carbonyl (C=O) groups is 2. The monoisotopic (exact) mass is 487 g/mol. The van der Waals surface area contributed by atoms with Gasteiger partial charge in [0.2, 0.25) is 11.8 Å². The van der Waals surface area contributed by atoms with Crippen molar-refractivity contribution in [3.05, 3.63) is 82.4 Å². The van der Waals surface area contributed by atoms with Gasteiger partial charge in [-0.15, -0.1) is 11.3 Å². The molecule has 2 amide bonds. The number of benzene rings is 2. The molecule has 7 nitrogen and oxygen atoms in total. The Kier molecular flexibility index (Phi) is 8.67. The molecule has 0 spiro atoms. The molecule has 0 unspecified atom stereocenters. The maximum Gasteiger partial charge on any atom is 0.243 e. The minimum atomic E-state index is -1.02. The van der Waals surface area contributed by atoms with E-state index in [0.29, 0.717) is 17.1 Å². The van der Waals surface area contributed by atoms with Crippen molar-refractivity contribution in [2.24, 2.45) is 0 Å². The zero-order valence-corrected chi connectivity index (χ0v) is 19.7. The van der Waals surface area contributed by atoms with Gasteiger partial charge >= 0.3 is 0 Å². The highest BCUT2D eigenvalue weighted by molar-refractivity contribution is 7.15. The molecule has 10 heteroatoms. The number of aromatic nitrogens is 1. The predicted octanol–water partition coefficient (Wildman–Crippen LogP) is 2.52. The molecule has 1 aromatic heterocycles. The zero-order valence-electron chi connectivity index (χ0n) is 18.9. The molecule has 1 heterocycles. The molecule has 3 rings (SSSR count). The van der Waals surface area contributed by atoms with E-state index in [9.17, 15) is 18.4 Å². The van der Waals surface area contributed by atoms with Crippen molar-refractivity contribution in [3.8, 4) is 0 Å². The standard InChI is InChI=1S/C24H27F2N5O2S/c1-31(2)21(12-15-6-4-3-5-7-15)23(33)30-20(11-16-8-9-18(25)19(26)10-16)22(32)28-13-17-14-29-24(27)34-17/h3-10,14,20-21H,11-13H2,1-2H3,(H2,27,29)(H,28,32)(H,30,33)/t20-,21+/m0/s1. The van der Waals surface area contributed by atoms with Gasteiger partial charge < -0.3 is 16.4 Å². The Morgan fingerprint density at radius 3 is 2.38 bits per heavy atom. The number of nitrogens with zero attached hydrogens (tertiary/aromatic N) is 2. The molecule has 4 N–H and O–H groups in total. The number of halogens is 2. The quantitative estimate of drug-likeness (QED) is 0.408. The summed E-state index contributed by atoms with van der Waals surface area (Å²) in [7, 11) is 3.57. The number of carbonyl (C=O) groups excluding carboxylic acids is 2.